The van der Waals surface area contributed by atoms with E-state index in [1.165, 1.54) is 49.7 Å². The molecule has 2 heteroatoms. The molecule has 1 N–H and O–H groups in total. The minimum absolute atomic E-state index is 0.214. The summed E-state index contributed by atoms with van der Waals surface area (Å²) in [7, 11) is 0. The predicted molar refractivity (Wildman–Crippen MR) is 244 cm³/mol. The molecule has 1 unspecified atom stereocenters. The molecule has 0 spiro atoms. The molecular weight excluding hydrogens is 703 g/mol. The zero-order valence-corrected chi connectivity index (χ0v) is 33.4. The summed E-state index contributed by atoms with van der Waals surface area (Å²) in [5.41, 5.74) is 15.4. The van der Waals surface area contributed by atoms with Crippen molar-refractivity contribution in [3.05, 3.63) is 227 Å². The molecular formula is C56H45NO. The van der Waals surface area contributed by atoms with Crippen molar-refractivity contribution in [2.45, 2.75) is 39.0 Å². The molecule has 0 fully saturated rings. The second-order valence-corrected chi connectivity index (χ2v) is 16.1. The molecule has 0 radical (unpaired) electrons. The van der Waals surface area contributed by atoms with Crippen LogP contribution in [0.2, 0.25) is 0 Å². The van der Waals surface area contributed by atoms with E-state index in [0.717, 1.165) is 50.1 Å². The second-order valence-electron chi connectivity index (χ2n) is 16.1. The third-order valence-corrected chi connectivity index (χ3v) is 12.5. The first kappa shape index (κ1) is 35.5. The summed E-state index contributed by atoms with van der Waals surface area (Å²) in [6.07, 6.45) is 0. The van der Waals surface area contributed by atoms with Crippen LogP contribution in [0, 0.1) is 13.8 Å². The normalized spacial score (nSPS) is 14.5. The number of phenols is 1. The summed E-state index contributed by atoms with van der Waals surface area (Å²) in [6.45, 7) is 8.95. The molecule has 0 amide bonds. The molecule has 1 aliphatic carbocycles. The molecule has 9 aromatic rings. The minimum atomic E-state index is -0.807. The van der Waals surface area contributed by atoms with Crippen LogP contribution in [0.4, 0.5) is 17.1 Å². The average Bonchev–Trinajstić information content (AvgIpc) is 3.55. The first-order valence-electron chi connectivity index (χ1n) is 20.4. The SMILES string of the molecule is Cc1cccc2c(O)c(C3(c4ccc5c(C)cccc5c4C(C)C)c4ccccc4-c4ccc(-c5ccc(N(c6ccccc6)c6ccccc6)cc5)cc43)ccc12. The number of nitrogens with zero attached hydrogens (tertiary/aromatic N) is 1. The Morgan fingerprint density at radius 2 is 0.948 bits per heavy atom. The van der Waals surface area contributed by atoms with Crippen LogP contribution in [0.5, 0.6) is 5.75 Å². The van der Waals surface area contributed by atoms with E-state index < -0.39 is 5.41 Å². The highest BCUT2D eigenvalue weighted by molar-refractivity contribution is 5.98. The number of anilines is 3. The van der Waals surface area contributed by atoms with E-state index in [4.69, 9.17) is 0 Å². The lowest BCUT2D eigenvalue weighted by molar-refractivity contribution is 0.467. The van der Waals surface area contributed by atoms with Crippen molar-refractivity contribution in [1.29, 1.82) is 0 Å². The molecule has 280 valence electrons. The van der Waals surface area contributed by atoms with Gasteiger partial charge in [0, 0.05) is 28.0 Å². The van der Waals surface area contributed by atoms with Gasteiger partial charge in [-0.25, -0.2) is 0 Å². The highest BCUT2D eigenvalue weighted by atomic mass is 16.3. The van der Waals surface area contributed by atoms with Gasteiger partial charge in [-0.1, -0.05) is 159 Å². The molecule has 1 atom stereocenters. The van der Waals surface area contributed by atoms with Crippen LogP contribution < -0.4 is 4.90 Å². The number of benzene rings is 9. The Kier molecular flexibility index (Phi) is 8.53. The van der Waals surface area contributed by atoms with E-state index in [1.807, 2.05) is 0 Å². The van der Waals surface area contributed by atoms with Gasteiger partial charge < -0.3 is 10.0 Å². The van der Waals surface area contributed by atoms with Crippen LogP contribution in [0.25, 0.3) is 43.8 Å². The molecule has 10 rings (SSSR count). The van der Waals surface area contributed by atoms with Gasteiger partial charge in [-0.15, -0.1) is 0 Å². The minimum Gasteiger partial charge on any atom is -0.507 e. The van der Waals surface area contributed by atoms with Crippen LogP contribution in [0.15, 0.2) is 188 Å². The number of hydrogen-bond acceptors (Lipinski definition) is 2. The molecule has 0 bridgehead atoms. The fraction of sp³-hybridized carbons (Fsp3) is 0.107. The lowest BCUT2D eigenvalue weighted by atomic mass is 9.64. The number of para-hydroxylation sites is 2. The quantitative estimate of drug-likeness (QED) is 0.175. The van der Waals surface area contributed by atoms with Crippen molar-refractivity contribution in [1.82, 2.24) is 0 Å². The third kappa shape index (κ3) is 5.40. The molecule has 2 nitrogen and oxygen atoms in total. The number of aromatic hydroxyl groups is 1. The van der Waals surface area contributed by atoms with E-state index in [1.54, 1.807) is 0 Å². The molecule has 58 heavy (non-hydrogen) atoms. The van der Waals surface area contributed by atoms with Gasteiger partial charge >= 0.3 is 0 Å². The number of aryl methyl sites for hydroxylation is 2. The molecule has 0 saturated heterocycles. The van der Waals surface area contributed by atoms with Gasteiger partial charge in [0.25, 0.3) is 0 Å². The van der Waals surface area contributed by atoms with Gasteiger partial charge in [0.15, 0.2) is 0 Å². The monoisotopic (exact) mass is 747 g/mol. The van der Waals surface area contributed by atoms with Gasteiger partial charge in [0.2, 0.25) is 0 Å². The average molecular weight is 748 g/mol. The summed E-state index contributed by atoms with van der Waals surface area (Å²) in [6, 6.07) is 67.9. The van der Waals surface area contributed by atoms with E-state index in [9.17, 15) is 5.11 Å². The number of rotatable bonds is 7. The Balaban J connectivity index is 1.24. The molecule has 0 heterocycles. The Hall–Kier alpha value is -6.90. The van der Waals surface area contributed by atoms with Crippen LogP contribution in [-0.2, 0) is 5.41 Å². The molecule has 9 aromatic carbocycles. The maximum absolute atomic E-state index is 12.8. The standard InChI is InChI=1S/C56H45NO/c1-36(2)54-48-22-13-15-37(3)44(48)31-33-51(54)56(52-34-32-45-38(4)16-14-23-49(45)55(52)58)50-24-12-11-21-46(50)47-30-27-40(35-53(47)56)39-25-28-43(29-26-39)57(41-17-7-5-8-18-41)42-19-9-6-10-20-42/h5-36,58H,1-4H3. The van der Waals surface area contributed by atoms with Gasteiger partial charge in [-0.2, -0.15) is 0 Å². The van der Waals surface area contributed by atoms with Crippen molar-refractivity contribution >= 4 is 38.6 Å². The predicted octanol–water partition coefficient (Wildman–Crippen LogP) is 14.9. The summed E-state index contributed by atoms with van der Waals surface area (Å²) in [5, 5.41) is 17.2. The smallest absolute Gasteiger partial charge is 0.128 e. The Labute approximate surface area is 341 Å². The number of fused-ring (bicyclic) bond motifs is 5. The van der Waals surface area contributed by atoms with Crippen LogP contribution in [-0.4, -0.2) is 5.11 Å². The fourth-order valence-electron chi connectivity index (χ4n) is 9.88. The maximum Gasteiger partial charge on any atom is 0.128 e. The van der Waals surface area contributed by atoms with E-state index in [-0.39, 0.29) is 5.92 Å². The fourth-order valence-corrected chi connectivity index (χ4v) is 9.88. The molecule has 1 aliphatic rings. The van der Waals surface area contributed by atoms with Crippen molar-refractivity contribution in [2.75, 3.05) is 4.90 Å². The molecule has 0 aromatic heterocycles. The number of hydrogen-bond donors (Lipinski definition) is 1. The lowest BCUT2D eigenvalue weighted by Gasteiger charge is -2.37. The van der Waals surface area contributed by atoms with Crippen LogP contribution in [0.3, 0.4) is 0 Å². The van der Waals surface area contributed by atoms with Gasteiger partial charge in [0.05, 0.1) is 5.41 Å². The Bertz CT molecular complexity index is 2960. The lowest BCUT2D eigenvalue weighted by Crippen LogP contribution is -2.30. The van der Waals surface area contributed by atoms with Crippen LogP contribution in [0.1, 0.15) is 58.7 Å². The maximum atomic E-state index is 12.8. The second kappa shape index (κ2) is 13.9. The summed E-state index contributed by atoms with van der Waals surface area (Å²) in [4.78, 5) is 2.30. The summed E-state index contributed by atoms with van der Waals surface area (Å²) >= 11 is 0. The largest absolute Gasteiger partial charge is 0.507 e. The van der Waals surface area contributed by atoms with Gasteiger partial charge in [0.1, 0.15) is 5.75 Å². The molecule has 0 saturated carbocycles. The zero-order valence-electron chi connectivity index (χ0n) is 33.4. The van der Waals surface area contributed by atoms with Crippen LogP contribution >= 0.6 is 0 Å². The van der Waals surface area contributed by atoms with Gasteiger partial charge in [-0.3, -0.25) is 0 Å². The first-order chi connectivity index (χ1) is 28.4. The van der Waals surface area contributed by atoms with E-state index >= 15 is 0 Å². The van der Waals surface area contributed by atoms with Crippen molar-refractivity contribution < 1.29 is 5.11 Å². The first-order valence-corrected chi connectivity index (χ1v) is 20.4. The van der Waals surface area contributed by atoms with Gasteiger partial charge in [-0.05, 0) is 134 Å². The zero-order chi connectivity index (χ0) is 39.5. The third-order valence-electron chi connectivity index (χ3n) is 12.5. The summed E-state index contributed by atoms with van der Waals surface area (Å²) in [5.74, 6) is 0.547. The topological polar surface area (TPSA) is 23.5 Å². The van der Waals surface area contributed by atoms with Crippen molar-refractivity contribution in [3.8, 4) is 28.0 Å². The highest BCUT2D eigenvalue weighted by Gasteiger charge is 2.49. The summed E-state index contributed by atoms with van der Waals surface area (Å²) < 4.78 is 0. The highest BCUT2D eigenvalue weighted by Crippen LogP contribution is 2.60. The van der Waals surface area contributed by atoms with E-state index in [0.29, 0.717) is 5.75 Å². The van der Waals surface area contributed by atoms with E-state index in [2.05, 4.69) is 221 Å². The van der Waals surface area contributed by atoms with Crippen molar-refractivity contribution in [3.63, 3.8) is 0 Å². The molecule has 0 aliphatic heterocycles. The Morgan fingerprint density at radius 3 is 1.60 bits per heavy atom. The number of phenolic OH excluding ortho intramolecular Hbond substituents is 1. The Morgan fingerprint density at radius 1 is 0.414 bits per heavy atom. The van der Waals surface area contributed by atoms with Crippen molar-refractivity contribution in [2.24, 2.45) is 0 Å².